The van der Waals surface area contributed by atoms with Crippen molar-refractivity contribution in [1.29, 1.82) is 0 Å². The molecule has 4 N–H and O–H groups in total. The summed E-state index contributed by atoms with van der Waals surface area (Å²) in [4.78, 5) is 66.3. The van der Waals surface area contributed by atoms with E-state index in [1.807, 2.05) is 62.4 Å². The Kier molecular flexibility index (Phi) is 12.9. The Labute approximate surface area is 285 Å². The highest BCUT2D eigenvalue weighted by atomic mass is 16.5. The fourth-order valence-corrected chi connectivity index (χ4v) is 5.16. The van der Waals surface area contributed by atoms with E-state index in [1.165, 1.54) is 14.0 Å². The Balaban J connectivity index is 1.47. The number of carbonyl (C=O) groups excluding carboxylic acids is 5. The number of anilines is 1. The number of ketones is 1. The monoisotopic (exact) mass is 666 g/mol. The van der Waals surface area contributed by atoms with E-state index in [1.54, 1.807) is 48.5 Å². The Morgan fingerprint density at radius 2 is 1.33 bits per heavy atom. The van der Waals surface area contributed by atoms with Crippen LogP contribution in [0.25, 0.3) is 10.8 Å². The van der Waals surface area contributed by atoms with Gasteiger partial charge in [0.05, 0.1) is 13.2 Å². The van der Waals surface area contributed by atoms with Gasteiger partial charge in [-0.15, -0.1) is 0 Å². The molecule has 4 aromatic carbocycles. The molecule has 4 rings (SSSR count). The topological polar surface area (TPSA) is 152 Å². The normalized spacial score (nSPS) is 12.7. The number of hydrogen-bond acceptors (Lipinski definition) is 7. The molecule has 3 atom stereocenters. The fraction of sp³-hybridized carbons (Fsp3) is 0.289. The Morgan fingerprint density at radius 1 is 0.673 bits per heavy atom. The number of methoxy groups -OCH3 is 1. The maximum absolute atomic E-state index is 13.8. The van der Waals surface area contributed by atoms with E-state index in [9.17, 15) is 24.0 Å². The van der Waals surface area contributed by atoms with Gasteiger partial charge in [-0.3, -0.25) is 19.2 Å². The Bertz CT molecular complexity index is 1750. The molecule has 0 radical (unpaired) electrons. The SMILES string of the molecule is COc1ccc(C[C@H](NC(=O)[C@H](C)NC(=O)OCc2ccccc2)C(=O)N[C@@H](CC(C)C)C(=O)C(=O)Nc2cccc3ccccc23)cc1. The summed E-state index contributed by atoms with van der Waals surface area (Å²) >= 11 is 0. The van der Waals surface area contributed by atoms with Gasteiger partial charge in [0.15, 0.2) is 0 Å². The zero-order valence-electron chi connectivity index (χ0n) is 28.0. The predicted octanol–water partition coefficient (Wildman–Crippen LogP) is 4.93. The molecular weight excluding hydrogens is 624 g/mol. The zero-order valence-corrected chi connectivity index (χ0v) is 28.0. The molecular formula is C38H42N4O7. The lowest BCUT2D eigenvalue weighted by atomic mass is 9.98. The first-order valence-corrected chi connectivity index (χ1v) is 16.1. The van der Waals surface area contributed by atoms with Crippen molar-refractivity contribution in [3.8, 4) is 5.75 Å². The highest BCUT2D eigenvalue weighted by Crippen LogP contribution is 2.23. The van der Waals surface area contributed by atoms with Crippen molar-refractivity contribution in [2.75, 3.05) is 12.4 Å². The number of amides is 4. The Morgan fingerprint density at radius 3 is 2.02 bits per heavy atom. The van der Waals surface area contributed by atoms with Crippen LogP contribution >= 0.6 is 0 Å². The van der Waals surface area contributed by atoms with Crippen LogP contribution < -0.4 is 26.0 Å². The predicted molar refractivity (Wildman–Crippen MR) is 187 cm³/mol. The van der Waals surface area contributed by atoms with Gasteiger partial charge >= 0.3 is 6.09 Å². The van der Waals surface area contributed by atoms with Crippen molar-refractivity contribution in [3.63, 3.8) is 0 Å². The summed E-state index contributed by atoms with van der Waals surface area (Å²) in [5, 5.41) is 12.3. The van der Waals surface area contributed by atoms with E-state index in [4.69, 9.17) is 9.47 Å². The first kappa shape index (κ1) is 36.1. The van der Waals surface area contributed by atoms with Gasteiger partial charge in [-0.25, -0.2) is 4.79 Å². The number of rotatable bonds is 15. The number of alkyl carbamates (subject to hydrolysis) is 1. The molecule has 0 aliphatic rings. The van der Waals surface area contributed by atoms with E-state index in [-0.39, 0.29) is 25.4 Å². The van der Waals surface area contributed by atoms with Gasteiger partial charge in [0.2, 0.25) is 17.6 Å². The molecule has 11 heteroatoms. The highest BCUT2D eigenvalue weighted by molar-refractivity contribution is 6.43. The number of benzene rings is 4. The first-order chi connectivity index (χ1) is 23.5. The maximum Gasteiger partial charge on any atom is 0.408 e. The van der Waals surface area contributed by atoms with Crippen LogP contribution in [0, 0.1) is 5.92 Å². The summed E-state index contributed by atoms with van der Waals surface area (Å²) in [6.07, 6.45) is -0.568. The molecule has 0 aliphatic carbocycles. The third-order valence-electron chi connectivity index (χ3n) is 7.77. The second-order valence-electron chi connectivity index (χ2n) is 12.1. The number of ether oxygens (including phenoxy) is 2. The van der Waals surface area contributed by atoms with E-state index < -0.39 is 47.7 Å². The molecule has 0 saturated heterocycles. The molecule has 256 valence electrons. The van der Waals surface area contributed by atoms with Crippen molar-refractivity contribution in [3.05, 3.63) is 108 Å². The molecule has 0 fully saturated rings. The van der Waals surface area contributed by atoms with E-state index in [2.05, 4.69) is 21.3 Å². The molecule has 4 amide bonds. The van der Waals surface area contributed by atoms with E-state index in [0.717, 1.165) is 16.3 Å². The Hall–Kier alpha value is -5.71. The number of nitrogens with one attached hydrogen (secondary N) is 4. The lowest BCUT2D eigenvalue weighted by molar-refractivity contribution is -0.138. The van der Waals surface area contributed by atoms with Crippen LogP contribution in [0.15, 0.2) is 97.1 Å². The smallest absolute Gasteiger partial charge is 0.408 e. The highest BCUT2D eigenvalue weighted by Gasteiger charge is 2.32. The van der Waals surface area contributed by atoms with Crippen molar-refractivity contribution in [1.82, 2.24) is 16.0 Å². The average Bonchev–Trinajstić information content (AvgIpc) is 3.10. The molecule has 0 spiro atoms. The van der Waals surface area contributed by atoms with Crippen LogP contribution in [0.3, 0.4) is 0 Å². The number of hydrogen-bond donors (Lipinski definition) is 4. The minimum Gasteiger partial charge on any atom is -0.497 e. The van der Waals surface area contributed by atoms with Gasteiger partial charge in [0.25, 0.3) is 5.91 Å². The molecule has 0 aliphatic heterocycles. The van der Waals surface area contributed by atoms with Gasteiger partial charge in [-0.05, 0) is 54.0 Å². The zero-order chi connectivity index (χ0) is 35.3. The van der Waals surface area contributed by atoms with Gasteiger partial charge in [-0.1, -0.05) is 92.7 Å². The quantitative estimate of drug-likeness (QED) is 0.131. The number of fused-ring (bicyclic) bond motifs is 1. The number of carbonyl (C=O) groups is 5. The molecule has 0 aromatic heterocycles. The molecule has 4 aromatic rings. The van der Waals surface area contributed by atoms with Gasteiger partial charge in [-0.2, -0.15) is 0 Å². The molecule has 0 saturated carbocycles. The lowest BCUT2D eigenvalue weighted by Crippen LogP contribution is -2.56. The first-order valence-electron chi connectivity index (χ1n) is 16.1. The average molecular weight is 667 g/mol. The van der Waals surface area contributed by atoms with Crippen molar-refractivity contribution in [2.24, 2.45) is 5.92 Å². The molecule has 0 heterocycles. The van der Waals surface area contributed by atoms with Crippen molar-refractivity contribution >= 4 is 46.1 Å². The molecule has 0 bridgehead atoms. The minimum atomic E-state index is -1.17. The van der Waals surface area contributed by atoms with Crippen LogP contribution in [0.5, 0.6) is 5.75 Å². The maximum atomic E-state index is 13.8. The van der Waals surface area contributed by atoms with E-state index in [0.29, 0.717) is 17.0 Å². The summed E-state index contributed by atoms with van der Waals surface area (Å²) in [5.74, 6) is -2.45. The fourth-order valence-electron chi connectivity index (χ4n) is 5.16. The van der Waals surface area contributed by atoms with Gasteiger partial charge < -0.3 is 30.7 Å². The minimum absolute atomic E-state index is 0.0167. The standard InChI is InChI=1S/C38H42N4O7/c1-24(2)21-32(34(43)37(46)40-31-16-10-14-28-13-8-9-15-30(28)31)41-36(45)33(22-26-17-19-29(48-4)20-18-26)42-35(44)25(3)39-38(47)49-23-27-11-6-5-7-12-27/h5-20,24-25,32-33H,21-23H2,1-4H3,(H,39,47)(H,40,46)(H,41,45)(H,42,44)/t25-,32-,33-/m0/s1. The largest absolute Gasteiger partial charge is 0.497 e. The van der Waals surface area contributed by atoms with Gasteiger partial charge in [0, 0.05) is 17.5 Å². The van der Waals surface area contributed by atoms with Crippen LogP contribution in [-0.4, -0.2) is 54.8 Å². The second kappa shape index (κ2) is 17.4. The second-order valence-corrected chi connectivity index (χ2v) is 12.1. The molecule has 49 heavy (non-hydrogen) atoms. The van der Waals surface area contributed by atoms with Crippen LogP contribution in [0.4, 0.5) is 10.5 Å². The summed E-state index contributed by atoms with van der Waals surface area (Å²) in [6, 6.07) is 25.5. The summed E-state index contributed by atoms with van der Waals surface area (Å²) in [6.45, 7) is 5.22. The third-order valence-corrected chi connectivity index (χ3v) is 7.77. The van der Waals surface area contributed by atoms with Crippen molar-refractivity contribution in [2.45, 2.75) is 58.3 Å². The third kappa shape index (κ3) is 10.6. The van der Waals surface area contributed by atoms with Crippen LogP contribution in [0.1, 0.15) is 38.3 Å². The number of Topliss-reactive ketones (excluding diaryl/α,β-unsaturated/α-hetero) is 1. The van der Waals surface area contributed by atoms with Crippen LogP contribution in [0.2, 0.25) is 0 Å². The summed E-state index contributed by atoms with van der Waals surface area (Å²) < 4.78 is 10.5. The van der Waals surface area contributed by atoms with Crippen molar-refractivity contribution < 1.29 is 33.4 Å². The summed E-state index contributed by atoms with van der Waals surface area (Å²) in [7, 11) is 1.53. The summed E-state index contributed by atoms with van der Waals surface area (Å²) in [5.41, 5.74) is 1.95. The van der Waals surface area contributed by atoms with E-state index >= 15 is 0 Å². The van der Waals surface area contributed by atoms with Gasteiger partial charge in [0.1, 0.15) is 24.4 Å². The molecule has 11 nitrogen and oxygen atoms in total. The van der Waals surface area contributed by atoms with Crippen LogP contribution in [-0.2, 0) is 36.9 Å². The lowest BCUT2D eigenvalue weighted by Gasteiger charge is -2.25. The molecule has 0 unspecified atom stereocenters.